The van der Waals surface area contributed by atoms with Crippen molar-refractivity contribution in [2.75, 3.05) is 63.9 Å². The number of carbonyl (C=O) groups is 1. The monoisotopic (exact) mass is 415 g/mol. The minimum Gasteiger partial charge on any atom is -0.379 e. The number of rotatable bonds is 3. The number of thiophene rings is 1. The first-order valence-corrected chi connectivity index (χ1v) is 11.7. The molecule has 156 valence electrons. The van der Waals surface area contributed by atoms with E-state index < -0.39 is 0 Å². The van der Waals surface area contributed by atoms with Gasteiger partial charge in [0.25, 0.3) is 0 Å². The van der Waals surface area contributed by atoms with Gasteiger partial charge in [0.1, 0.15) is 17.0 Å². The molecule has 1 amide bonds. The highest BCUT2D eigenvalue weighted by Gasteiger charge is 2.27. The number of aromatic nitrogens is 2. The number of carbonyl (C=O) groups excluding carboxylic acids is 1. The number of morpholine rings is 1. The van der Waals surface area contributed by atoms with Crippen LogP contribution in [0.5, 0.6) is 0 Å². The Bertz CT molecular complexity index is 871. The van der Waals surface area contributed by atoms with E-state index in [9.17, 15) is 4.79 Å². The first kappa shape index (κ1) is 19.2. The molecule has 0 aromatic carbocycles. The number of anilines is 1. The van der Waals surface area contributed by atoms with Crippen molar-refractivity contribution >= 4 is 33.3 Å². The maximum Gasteiger partial charge on any atom is 0.236 e. The molecule has 4 heterocycles. The third-order valence-corrected chi connectivity index (χ3v) is 7.58. The Morgan fingerprint density at radius 1 is 1.00 bits per heavy atom. The molecule has 0 radical (unpaired) electrons. The Morgan fingerprint density at radius 3 is 2.62 bits per heavy atom. The molecule has 1 aliphatic carbocycles. The normalized spacial score (nSPS) is 21.2. The van der Waals surface area contributed by atoms with E-state index >= 15 is 0 Å². The van der Waals surface area contributed by atoms with E-state index in [1.165, 1.54) is 41.5 Å². The summed E-state index contributed by atoms with van der Waals surface area (Å²) in [4.78, 5) is 31.2. The largest absolute Gasteiger partial charge is 0.379 e. The van der Waals surface area contributed by atoms with Crippen molar-refractivity contribution in [2.45, 2.75) is 32.1 Å². The number of ether oxygens (including phenoxy) is 1. The van der Waals surface area contributed by atoms with E-state index in [-0.39, 0.29) is 5.91 Å². The highest BCUT2D eigenvalue weighted by atomic mass is 32.1. The van der Waals surface area contributed by atoms with Crippen LogP contribution in [0.4, 0.5) is 5.82 Å². The van der Waals surface area contributed by atoms with E-state index in [1.807, 2.05) is 16.2 Å². The number of piperazine rings is 1. The number of fused-ring (bicyclic) bond motifs is 3. The molecular weight excluding hydrogens is 386 g/mol. The molecule has 2 fully saturated rings. The molecule has 0 saturated carbocycles. The fourth-order valence-corrected chi connectivity index (χ4v) is 5.93. The van der Waals surface area contributed by atoms with Crippen LogP contribution in [0.2, 0.25) is 0 Å². The molecule has 2 aliphatic heterocycles. The summed E-state index contributed by atoms with van der Waals surface area (Å²) in [6.07, 6.45) is 7.90. The van der Waals surface area contributed by atoms with Gasteiger partial charge in [0, 0.05) is 44.1 Å². The Hall–Kier alpha value is -1.77. The molecule has 2 aromatic rings. The second kappa shape index (κ2) is 8.53. The van der Waals surface area contributed by atoms with Crippen LogP contribution in [-0.4, -0.2) is 84.7 Å². The van der Waals surface area contributed by atoms with Crippen molar-refractivity contribution in [3.05, 3.63) is 16.8 Å². The molecule has 0 spiro atoms. The lowest BCUT2D eigenvalue weighted by Crippen LogP contribution is -2.52. The summed E-state index contributed by atoms with van der Waals surface area (Å²) >= 11 is 1.86. The van der Waals surface area contributed by atoms with Crippen molar-refractivity contribution < 1.29 is 9.53 Å². The van der Waals surface area contributed by atoms with Crippen molar-refractivity contribution in [1.29, 1.82) is 0 Å². The van der Waals surface area contributed by atoms with E-state index in [0.29, 0.717) is 6.54 Å². The summed E-state index contributed by atoms with van der Waals surface area (Å²) in [7, 11) is 0. The zero-order valence-electron chi connectivity index (χ0n) is 16.9. The topological polar surface area (TPSA) is 61.8 Å². The third kappa shape index (κ3) is 3.98. The summed E-state index contributed by atoms with van der Waals surface area (Å²) in [6.45, 7) is 6.89. The minimum atomic E-state index is 0.240. The summed E-state index contributed by atoms with van der Waals surface area (Å²) in [5.74, 6) is 1.32. The van der Waals surface area contributed by atoms with Gasteiger partial charge in [-0.05, 0) is 31.2 Å². The first-order valence-electron chi connectivity index (χ1n) is 10.9. The molecule has 2 aromatic heterocycles. The van der Waals surface area contributed by atoms with E-state index in [0.717, 1.165) is 69.6 Å². The molecule has 7 nitrogen and oxygen atoms in total. The average molecular weight is 416 g/mol. The van der Waals surface area contributed by atoms with Crippen LogP contribution in [0.1, 0.15) is 29.7 Å². The maximum atomic E-state index is 12.7. The van der Waals surface area contributed by atoms with E-state index in [4.69, 9.17) is 9.72 Å². The van der Waals surface area contributed by atoms with Gasteiger partial charge in [0.05, 0.1) is 25.1 Å². The number of nitrogens with zero attached hydrogens (tertiary/aromatic N) is 5. The lowest BCUT2D eigenvalue weighted by Gasteiger charge is -2.37. The SMILES string of the molecule is O=C(CN1CCOCC1)N1CCN(c2ncnc3sc4c(c23)CCCCC4)CC1. The first-order chi connectivity index (χ1) is 14.3. The van der Waals surface area contributed by atoms with Crippen LogP contribution in [0, 0.1) is 0 Å². The van der Waals surface area contributed by atoms with Crippen LogP contribution in [0.3, 0.4) is 0 Å². The predicted molar refractivity (Wildman–Crippen MR) is 115 cm³/mol. The Balaban J connectivity index is 1.29. The van der Waals surface area contributed by atoms with Crippen LogP contribution < -0.4 is 4.90 Å². The highest BCUT2D eigenvalue weighted by Crippen LogP contribution is 2.38. The lowest BCUT2D eigenvalue weighted by atomic mass is 10.1. The molecule has 0 N–H and O–H groups in total. The van der Waals surface area contributed by atoms with E-state index in [1.54, 1.807) is 6.33 Å². The fraction of sp³-hybridized carbons (Fsp3) is 0.667. The molecule has 3 aliphatic rings. The van der Waals surface area contributed by atoms with Crippen LogP contribution in [0.15, 0.2) is 6.33 Å². The van der Waals surface area contributed by atoms with Crippen LogP contribution in [-0.2, 0) is 22.4 Å². The molecule has 0 unspecified atom stereocenters. The number of aryl methyl sites for hydroxylation is 2. The van der Waals surface area contributed by atoms with Gasteiger partial charge in [-0.15, -0.1) is 11.3 Å². The van der Waals surface area contributed by atoms with Crippen molar-refractivity contribution in [2.24, 2.45) is 0 Å². The number of hydrogen-bond donors (Lipinski definition) is 0. The van der Waals surface area contributed by atoms with Gasteiger partial charge in [-0.25, -0.2) is 9.97 Å². The van der Waals surface area contributed by atoms with Gasteiger partial charge in [-0.3, -0.25) is 9.69 Å². The lowest BCUT2D eigenvalue weighted by molar-refractivity contribution is -0.133. The van der Waals surface area contributed by atoms with Gasteiger partial charge < -0.3 is 14.5 Å². The molecule has 0 atom stereocenters. The van der Waals surface area contributed by atoms with Crippen molar-refractivity contribution in [3.8, 4) is 0 Å². The molecule has 2 saturated heterocycles. The fourth-order valence-electron chi connectivity index (χ4n) is 4.71. The van der Waals surface area contributed by atoms with Gasteiger partial charge in [0.2, 0.25) is 5.91 Å². The Labute approximate surface area is 175 Å². The van der Waals surface area contributed by atoms with Gasteiger partial charge in [-0.2, -0.15) is 0 Å². The Morgan fingerprint density at radius 2 is 1.79 bits per heavy atom. The second-order valence-corrected chi connectivity index (χ2v) is 9.28. The number of hydrogen-bond acceptors (Lipinski definition) is 7. The molecule has 8 heteroatoms. The average Bonchev–Trinajstić information content (AvgIpc) is 2.96. The summed E-state index contributed by atoms with van der Waals surface area (Å²) in [5, 5.41) is 1.28. The smallest absolute Gasteiger partial charge is 0.236 e. The summed E-state index contributed by atoms with van der Waals surface area (Å²) in [5.41, 5.74) is 1.49. The van der Waals surface area contributed by atoms with E-state index in [2.05, 4.69) is 14.8 Å². The Kier molecular flexibility index (Phi) is 5.65. The van der Waals surface area contributed by atoms with Crippen LogP contribution in [0.25, 0.3) is 10.2 Å². The summed E-state index contributed by atoms with van der Waals surface area (Å²) < 4.78 is 5.38. The third-order valence-electron chi connectivity index (χ3n) is 6.38. The molecule has 0 bridgehead atoms. The standard InChI is InChI=1S/C21H29N5O2S/c27-18(14-24-10-12-28-13-11-24)25-6-8-26(9-7-25)20-19-16-4-2-1-3-5-17(16)29-21(19)23-15-22-20/h15H,1-14H2. The van der Waals surface area contributed by atoms with Gasteiger partial charge in [0.15, 0.2) is 0 Å². The number of amides is 1. The summed E-state index contributed by atoms with van der Waals surface area (Å²) in [6, 6.07) is 0. The maximum absolute atomic E-state index is 12.7. The van der Waals surface area contributed by atoms with Crippen molar-refractivity contribution in [1.82, 2.24) is 19.8 Å². The predicted octanol–water partition coefficient (Wildman–Crippen LogP) is 1.94. The van der Waals surface area contributed by atoms with Gasteiger partial charge >= 0.3 is 0 Å². The molecule has 29 heavy (non-hydrogen) atoms. The zero-order chi connectivity index (χ0) is 19.6. The van der Waals surface area contributed by atoms with Gasteiger partial charge in [-0.1, -0.05) is 6.42 Å². The molecular formula is C21H29N5O2S. The molecule has 5 rings (SSSR count). The zero-order valence-corrected chi connectivity index (χ0v) is 17.8. The quantitative estimate of drug-likeness (QED) is 0.714. The van der Waals surface area contributed by atoms with Crippen molar-refractivity contribution in [3.63, 3.8) is 0 Å². The van der Waals surface area contributed by atoms with Crippen LogP contribution >= 0.6 is 11.3 Å². The minimum absolute atomic E-state index is 0.240. The second-order valence-electron chi connectivity index (χ2n) is 8.20. The highest BCUT2D eigenvalue weighted by molar-refractivity contribution is 7.18.